The van der Waals surface area contributed by atoms with Gasteiger partial charge in [0.1, 0.15) is 5.82 Å². The zero-order valence-electron chi connectivity index (χ0n) is 16.6. The number of halogens is 4. The fraction of sp³-hybridized carbons (Fsp3) is 0.143. The summed E-state index contributed by atoms with van der Waals surface area (Å²) in [6.45, 7) is 1.80. The van der Waals surface area contributed by atoms with Crippen LogP contribution in [-0.4, -0.2) is 31.0 Å². The SMILES string of the molecule is Cc1c(F)cc(C2=CC=NC2)cc1-c1cc(C(F)(F)F)nn1-c1ccc(S(N)(=O)=O)cc1. The van der Waals surface area contributed by atoms with Crippen molar-refractivity contribution in [1.82, 2.24) is 9.78 Å². The van der Waals surface area contributed by atoms with Crippen LogP contribution in [0.2, 0.25) is 0 Å². The minimum atomic E-state index is -4.74. The minimum absolute atomic E-state index is 0.00144. The number of primary sulfonamides is 1. The van der Waals surface area contributed by atoms with Crippen molar-refractivity contribution in [2.45, 2.75) is 18.0 Å². The van der Waals surface area contributed by atoms with Gasteiger partial charge >= 0.3 is 6.18 Å². The lowest BCUT2D eigenvalue weighted by atomic mass is 9.97. The van der Waals surface area contributed by atoms with Gasteiger partial charge in [-0.15, -0.1) is 0 Å². The molecule has 0 amide bonds. The molecular weight excluding hydrogens is 448 g/mol. The summed E-state index contributed by atoms with van der Waals surface area (Å²) in [5.74, 6) is -0.587. The van der Waals surface area contributed by atoms with E-state index < -0.39 is 27.7 Å². The Labute approximate surface area is 180 Å². The number of nitrogens with zero attached hydrogens (tertiary/aromatic N) is 3. The van der Waals surface area contributed by atoms with Crippen molar-refractivity contribution >= 4 is 21.8 Å². The summed E-state index contributed by atoms with van der Waals surface area (Å²) >= 11 is 0. The summed E-state index contributed by atoms with van der Waals surface area (Å²) in [6, 6.07) is 8.61. The van der Waals surface area contributed by atoms with Crippen molar-refractivity contribution in [2.75, 3.05) is 6.54 Å². The van der Waals surface area contributed by atoms with Gasteiger partial charge in [-0.25, -0.2) is 22.6 Å². The first kappa shape index (κ1) is 21.9. The molecule has 2 N–H and O–H groups in total. The van der Waals surface area contributed by atoms with Crippen LogP contribution in [-0.2, 0) is 16.2 Å². The van der Waals surface area contributed by atoms with Gasteiger partial charge in [0.05, 0.1) is 22.8 Å². The molecule has 0 radical (unpaired) electrons. The van der Waals surface area contributed by atoms with E-state index in [-0.39, 0.29) is 27.4 Å². The normalized spacial score (nSPS) is 14.1. The van der Waals surface area contributed by atoms with Crippen LogP contribution in [0.3, 0.4) is 0 Å². The maximum atomic E-state index is 14.7. The second kappa shape index (κ2) is 7.68. The van der Waals surface area contributed by atoms with Gasteiger partial charge in [-0.1, -0.05) is 0 Å². The molecule has 1 aromatic heterocycles. The lowest BCUT2D eigenvalue weighted by Gasteiger charge is -2.13. The molecule has 1 aliphatic heterocycles. The van der Waals surface area contributed by atoms with Crippen LogP contribution < -0.4 is 5.14 Å². The Morgan fingerprint density at radius 1 is 1.09 bits per heavy atom. The zero-order valence-corrected chi connectivity index (χ0v) is 17.4. The Kier molecular flexibility index (Phi) is 5.25. The highest BCUT2D eigenvalue weighted by atomic mass is 32.2. The molecule has 0 bridgehead atoms. The van der Waals surface area contributed by atoms with E-state index in [1.165, 1.54) is 25.1 Å². The average Bonchev–Trinajstić information content (AvgIpc) is 3.39. The number of hydrogen-bond donors (Lipinski definition) is 1. The molecule has 1 aliphatic rings. The number of rotatable bonds is 4. The molecule has 0 fully saturated rings. The van der Waals surface area contributed by atoms with Gasteiger partial charge in [-0.3, -0.25) is 4.99 Å². The van der Waals surface area contributed by atoms with Crippen LogP contribution in [0.15, 0.2) is 58.4 Å². The third-order valence-electron chi connectivity index (χ3n) is 5.04. The standard InChI is InChI=1S/C21H16F4N4O2S/c1-12-17(8-14(9-18(12)22)13-6-7-27-11-13)19-10-20(21(23,24)25)28-29(19)15-2-4-16(5-3-15)32(26,30)31/h2-10H,11H2,1H3,(H2,26,30,31). The van der Waals surface area contributed by atoms with Crippen LogP contribution >= 0.6 is 0 Å². The summed E-state index contributed by atoms with van der Waals surface area (Å²) in [5, 5.41) is 8.75. The molecule has 0 unspecified atom stereocenters. The fourth-order valence-corrected chi connectivity index (χ4v) is 3.87. The first-order chi connectivity index (χ1) is 14.9. The largest absolute Gasteiger partial charge is 0.435 e. The molecule has 0 saturated heterocycles. The molecule has 2 aromatic carbocycles. The molecule has 2 heterocycles. The maximum Gasteiger partial charge on any atom is 0.435 e. The van der Waals surface area contributed by atoms with Gasteiger partial charge < -0.3 is 0 Å². The number of aromatic nitrogens is 2. The maximum absolute atomic E-state index is 14.7. The van der Waals surface area contributed by atoms with Gasteiger partial charge in [0.15, 0.2) is 5.69 Å². The van der Waals surface area contributed by atoms with Crippen LogP contribution in [0.5, 0.6) is 0 Å². The second-order valence-corrected chi connectivity index (χ2v) is 8.74. The van der Waals surface area contributed by atoms with Crippen LogP contribution in [0, 0.1) is 12.7 Å². The van der Waals surface area contributed by atoms with Crippen molar-refractivity contribution in [3.8, 4) is 16.9 Å². The zero-order chi connectivity index (χ0) is 23.3. The third kappa shape index (κ3) is 4.08. The van der Waals surface area contributed by atoms with Gasteiger partial charge in [0.25, 0.3) is 0 Å². The molecule has 0 aliphatic carbocycles. The highest BCUT2D eigenvalue weighted by molar-refractivity contribution is 7.89. The van der Waals surface area contributed by atoms with E-state index in [1.54, 1.807) is 18.4 Å². The first-order valence-corrected chi connectivity index (χ1v) is 10.8. The fourth-order valence-electron chi connectivity index (χ4n) is 3.35. The molecule has 0 spiro atoms. The molecule has 3 aromatic rings. The Hall–Kier alpha value is -3.31. The predicted molar refractivity (Wildman–Crippen MR) is 111 cm³/mol. The molecule has 32 heavy (non-hydrogen) atoms. The Morgan fingerprint density at radius 2 is 1.78 bits per heavy atom. The van der Waals surface area contributed by atoms with E-state index in [2.05, 4.69) is 10.1 Å². The van der Waals surface area contributed by atoms with E-state index in [0.717, 1.165) is 28.5 Å². The number of hydrogen-bond acceptors (Lipinski definition) is 4. The second-order valence-electron chi connectivity index (χ2n) is 7.18. The average molecular weight is 464 g/mol. The lowest BCUT2D eigenvalue weighted by molar-refractivity contribution is -0.141. The van der Waals surface area contributed by atoms with Gasteiger partial charge in [-0.05, 0) is 72.2 Å². The quantitative estimate of drug-likeness (QED) is 0.589. The van der Waals surface area contributed by atoms with Crippen molar-refractivity contribution in [2.24, 2.45) is 10.1 Å². The Balaban J connectivity index is 1.92. The molecule has 0 saturated carbocycles. The summed E-state index contributed by atoms with van der Waals surface area (Å²) in [6.07, 6.45) is -1.46. The van der Waals surface area contributed by atoms with E-state index in [1.807, 2.05) is 0 Å². The van der Waals surface area contributed by atoms with Crippen molar-refractivity contribution < 1.29 is 26.0 Å². The highest BCUT2D eigenvalue weighted by Crippen LogP contribution is 2.36. The molecule has 166 valence electrons. The number of nitrogens with two attached hydrogens (primary N) is 1. The molecular formula is C21H16F4N4O2S. The molecule has 6 nitrogen and oxygen atoms in total. The van der Waals surface area contributed by atoms with Crippen molar-refractivity contribution in [1.29, 1.82) is 0 Å². The van der Waals surface area contributed by atoms with E-state index in [4.69, 9.17) is 5.14 Å². The third-order valence-corrected chi connectivity index (χ3v) is 5.97. The van der Waals surface area contributed by atoms with Crippen molar-refractivity contribution in [3.05, 3.63) is 71.2 Å². The number of aliphatic imine (C=N–C) groups is 1. The van der Waals surface area contributed by atoms with E-state index in [0.29, 0.717) is 12.1 Å². The summed E-state index contributed by atoms with van der Waals surface area (Å²) in [5.41, 5.74) is 0.554. The van der Waals surface area contributed by atoms with E-state index >= 15 is 0 Å². The minimum Gasteiger partial charge on any atom is -0.288 e. The molecule has 0 atom stereocenters. The first-order valence-electron chi connectivity index (χ1n) is 9.25. The number of benzene rings is 2. The number of sulfonamides is 1. The Morgan fingerprint density at radius 3 is 2.34 bits per heavy atom. The monoisotopic (exact) mass is 464 g/mol. The van der Waals surface area contributed by atoms with Crippen LogP contribution in [0.1, 0.15) is 16.8 Å². The summed E-state index contributed by atoms with van der Waals surface area (Å²) in [4.78, 5) is 3.85. The van der Waals surface area contributed by atoms with Gasteiger partial charge in [-0.2, -0.15) is 18.3 Å². The predicted octanol–water partition coefficient (Wildman–Crippen LogP) is 4.12. The summed E-state index contributed by atoms with van der Waals surface area (Å²) < 4.78 is 79.1. The molecule has 11 heteroatoms. The van der Waals surface area contributed by atoms with Crippen LogP contribution in [0.4, 0.5) is 17.6 Å². The van der Waals surface area contributed by atoms with Gasteiger partial charge in [0, 0.05) is 11.8 Å². The topological polar surface area (TPSA) is 90.3 Å². The molecule has 4 rings (SSSR count). The van der Waals surface area contributed by atoms with Gasteiger partial charge in [0.2, 0.25) is 10.0 Å². The number of alkyl halides is 3. The van der Waals surface area contributed by atoms with E-state index in [9.17, 15) is 26.0 Å². The smallest absolute Gasteiger partial charge is 0.288 e. The van der Waals surface area contributed by atoms with Crippen LogP contribution in [0.25, 0.3) is 22.5 Å². The summed E-state index contributed by atoms with van der Waals surface area (Å²) in [7, 11) is -3.99. The highest BCUT2D eigenvalue weighted by Gasteiger charge is 2.35. The number of allylic oxidation sites excluding steroid dienone is 1. The lowest BCUT2D eigenvalue weighted by Crippen LogP contribution is -2.12. The van der Waals surface area contributed by atoms with Crippen molar-refractivity contribution in [3.63, 3.8) is 0 Å². The Bertz CT molecular complexity index is 1370.